The zero-order valence-electron chi connectivity index (χ0n) is 23.0. The second-order valence-corrected chi connectivity index (χ2v) is 12.5. The minimum atomic E-state index is -1.76. The van der Waals surface area contributed by atoms with Crippen LogP contribution in [0.4, 0.5) is 11.5 Å². The molecule has 3 N–H and O–H groups in total. The minimum Gasteiger partial charge on any atom is -0.548 e. The SMILES string of the molecule is CN(C)C(=O)c1c(C(C)(C)C)ccc(Nc2n[s+]([O-])[nH]c2=N[C@@H](c2ccc3c(c2)OCO3)C(C)(C)C)c1O. The van der Waals surface area contributed by atoms with Gasteiger partial charge in [-0.05, 0) is 40.2 Å². The van der Waals surface area contributed by atoms with Crippen LogP contribution >= 0.6 is 11.1 Å². The summed E-state index contributed by atoms with van der Waals surface area (Å²) in [5.74, 6) is 0.985. The van der Waals surface area contributed by atoms with Gasteiger partial charge in [-0.15, -0.1) is 4.37 Å². The van der Waals surface area contributed by atoms with Gasteiger partial charge in [0.2, 0.25) is 18.1 Å². The summed E-state index contributed by atoms with van der Waals surface area (Å²) >= 11 is -1.76. The monoisotopic (exact) mass is 541 g/mol. The van der Waals surface area contributed by atoms with Gasteiger partial charge in [0.1, 0.15) is 0 Å². The minimum absolute atomic E-state index is 0.171. The van der Waals surface area contributed by atoms with Crippen LogP contribution in [-0.4, -0.2) is 50.1 Å². The second-order valence-electron chi connectivity index (χ2n) is 11.6. The zero-order valence-corrected chi connectivity index (χ0v) is 23.8. The number of nitrogens with zero attached hydrogens (tertiary/aromatic N) is 3. The predicted octanol–water partition coefficient (Wildman–Crippen LogP) is 5.00. The van der Waals surface area contributed by atoms with Crippen molar-refractivity contribution in [2.75, 3.05) is 26.2 Å². The fourth-order valence-corrected chi connectivity index (χ4v) is 4.97. The highest BCUT2D eigenvalue weighted by molar-refractivity contribution is 7.13. The number of fused-ring (bicyclic) bond motifs is 1. The summed E-state index contributed by atoms with van der Waals surface area (Å²) in [5, 5.41) is 14.3. The number of anilines is 2. The van der Waals surface area contributed by atoms with Crippen molar-refractivity contribution in [3.63, 3.8) is 0 Å². The van der Waals surface area contributed by atoms with Crippen molar-refractivity contribution in [1.82, 2.24) is 13.6 Å². The first-order valence-corrected chi connectivity index (χ1v) is 13.4. The number of rotatable bonds is 5. The fourth-order valence-electron chi connectivity index (χ4n) is 4.31. The highest BCUT2D eigenvalue weighted by atomic mass is 32.2. The second kappa shape index (κ2) is 9.95. The average molecular weight is 542 g/mol. The molecule has 2 heterocycles. The number of aromatic hydroxyl groups is 1. The van der Waals surface area contributed by atoms with Crippen molar-refractivity contribution < 1.29 is 23.9 Å². The number of carbonyl (C=O) groups excluding carboxylic acids is 1. The molecule has 204 valence electrons. The molecule has 0 aliphatic carbocycles. The third-order valence-electron chi connectivity index (χ3n) is 6.23. The van der Waals surface area contributed by atoms with Crippen LogP contribution in [0.25, 0.3) is 0 Å². The zero-order chi connectivity index (χ0) is 28.0. The van der Waals surface area contributed by atoms with E-state index >= 15 is 0 Å². The van der Waals surface area contributed by atoms with E-state index in [4.69, 9.17) is 14.5 Å². The molecule has 2 atom stereocenters. The van der Waals surface area contributed by atoms with E-state index in [-0.39, 0.29) is 57.9 Å². The number of H-pyrrole nitrogens is 1. The Bertz CT molecular complexity index is 1430. The maximum Gasteiger partial charge on any atom is 0.257 e. The molecule has 0 radical (unpaired) electrons. The first-order valence-electron chi connectivity index (χ1n) is 12.3. The van der Waals surface area contributed by atoms with E-state index in [1.165, 1.54) is 4.90 Å². The molecule has 0 spiro atoms. The van der Waals surface area contributed by atoms with Crippen LogP contribution in [-0.2, 0) is 5.41 Å². The van der Waals surface area contributed by atoms with E-state index in [9.17, 15) is 14.5 Å². The van der Waals surface area contributed by atoms with Crippen molar-refractivity contribution in [2.45, 2.75) is 53.0 Å². The van der Waals surface area contributed by atoms with E-state index in [2.05, 4.69) is 34.8 Å². The van der Waals surface area contributed by atoms with Gasteiger partial charge in [0.25, 0.3) is 5.91 Å². The molecule has 2 aromatic carbocycles. The maximum atomic E-state index is 13.0. The van der Waals surface area contributed by atoms with Gasteiger partial charge in [0.15, 0.2) is 28.4 Å². The van der Waals surface area contributed by atoms with Crippen LogP contribution in [0.2, 0.25) is 0 Å². The molecule has 10 nitrogen and oxygen atoms in total. The summed E-state index contributed by atoms with van der Waals surface area (Å²) in [6.45, 7) is 12.3. The first kappa shape index (κ1) is 27.5. The molecular formula is C27H35N5O5S. The molecule has 1 aromatic heterocycles. The Morgan fingerprint density at radius 3 is 2.47 bits per heavy atom. The quantitative estimate of drug-likeness (QED) is 0.305. The Kier molecular flexibility index (Phi) is 7.19. The maximum absolute atomic E-state index is 13.0. The fraction of sp³-hybridized carbons (Fsp3) is 0.444. The highest BCUT2D eigenvalue weighted by Crippen LogP contribution is 2.41. The molecule has 38 heavy (non-hydrogen) atoms. The normalized spacial score (nSPS) is 15.0. The Labute approximate surface area is 225 Å². The molecule has 1 aliphatic heterocycles. The number of hydrogen-bond acceptors (Lipinski definition) is 8. The predicted molar refractivity (Wildman–Crippen MR) is 146 cm³/mol. The van der Waals surface area contributed by atoms with Gasteiger partial charge in [-0.25, -0.2) is 0 Å². The summed E-state index contributed by atoms with van der Waals surface area (Å²) in [7, 11) is 3.27. The summed E-state index contributed by atoms with van der Waals surface area (Å²) in [6, 6.07) is 8.81. The molecule has 0 saturated carbocycles. The summed E-state index contributed by atoms with van der Waals surface area (Å²) in [6.07, 6.45) is 0. The lowest BCUT2D eigenvalue weighted by Crippen LogP contribution is -2.26. The molecule has 11 heteroatoms. The van der Waals surface area contributed by atoms with E-state index in [0.29, 0.717) is 17.1 Å². The van der Waals surface area contributed by atoms with Gasteiger partial charge < -0.3 is 29.3 Å². The van der Waals surface area contributed by atoms with Crippen LogP contribution in [0.5, 0.6) is 17.2 Å². The third kappa shape index (κ3) is 5.48. The molecule has 0 saturated heterocycles. The number of aromatic nitrogens is 2. The lowest BCUT2D eigenvalue weighted by Gasteiger charge is -2.27. The molecule has 1 unspecified atom stereocenters. The Balaban J connectivity index is 1.80. The Morgan fingerprint density at radius 1 is 1.16 bits per heavy atom. The average Bonchev–Trinajstić information content (AvgIpc) is 3.41. The van der Waals surface area contributed by atoms with E-state index in [0.717, 1.165) is 5.56 Å². The van der Waals surface area contributed by atoms with Crippen molar-refractivity contribution in [3.8, 4) is 17.2 Å². The Hall–Kier alpha value is -3.57. The summed E-state index contributed by atoms with van der Waals surface area (Å²) in [5.41, 5.74) is 1.63. The first-order chi connectivity index (χ1) is 17.7. The van der Waals surface area contributed by atoms with Crippen LogP contribution < -0.4 is 20.3 Å². The molecule has 4 rings (SSSR count). The standard InChI is InChI=1S/C27H35N5O5S/c1-26(2,3)16-10-11-17(21(33)20(16)25(34)32(7)8)28-23-24(31-38(35)30-23)29-22(27(4,5)6)15-9-12-18-19(13-15)37-14-36-18/h9-13,22,33H,14H2,1-8H3,(H,28,30)(H,29,31)/t22-,38?/m0/s1. The topological polar surface area (TPSA) is 135 Å². The number of phenols is 1. The van der Waals surface area contributed by atoms with Gasteiger partial charge in [0, 0.05) is 18.5 Å². The van der Waals surface area contributed by atoms with Gasteiger partial charge in [-0.2, -0.15) is 0 Å². The smallest absolute Gasteiger partial charge is 0.257 e. The van der Waals surface area contributed by atoms with Gasteiger partial charge >= 0.3 is 0 Å². The van der Waals surface area contributed by atoms with Crippen LogP contribution in [0.15, 0.2) is 35.3 Å². The number of carbonyl (C=O) groups is 1. The van der Waals surface area contributed by atoms with Crippen molar-refractivity contribution in [1.29, 1.82) is 0 Å². The molecule has 0 bridgehead atoms. The largest absolute Gasteiger partial charge is 0.548 e. The lowest BCUT2D eigenvalue weighted by atomic mass is 9.82. The van der Waals surface area contributed by atoms with Gasteiger partial charge in [-0.3, -0.25) is 9.79 Å². The summed E-state index contributed by atoms with van der Waals surface area (Å²) < 4.78 is 30.4. The van der Waals surface area contributed by atoms with E-state index < -0.39 is 11.1 Å². The van der Waals surface area contributed by atoms with E-state index in [1.807, 2.05) is 39.0 Å². The summed E-state index contributed by atoms with van der Waals surface area (Å²) in [4.78, 5) is 19.4. The van der Waals surface area contributed by atoms with Crippen LogP contribution in [0.3, 0.4) is 0 Å². The van der Waals surface area contributed by atoms with E-state index in [1.54, 1.807) is 26.2 Å². The van der Waals surface area contributed by atoms with Gasteiger partial charge in [0.05, 0.1) is 17.3 Å². The molecule has 1 amide bonds. The molecule has 0 fully saturated rings. The number of hydrogen-bond donors (Lipinski definition) is 3. The molecular weight excluding hydrogens is 506 g/mol. The van der Waals surface area contributed by atoms with Crippen LogP contribution in [0.1, 0.15) is 69.1 Å². The number of phenolic OH excluding ortho intramolecular Hbond substituents is 1. The van der Waals surface area contributed by atoms with Crippen molar-refractivity contribution >= 4 is 28.6 Å². The van der Waals surface area contributed by atoms with Gasteiger partial charge in [-0.1, -0.05) is 53.7 Å². The number of benzene rings is 2. The number of nitrogens with one attached hydrogen (secondary N) is 2. The number of ether oxygens (including phenoxy) is 2. The van der Waals surface area contributed by atoms with Crippen LogP contribution in [0, 0.1) is 5.41 Å². The van der Waals surface area contributed by atoms with Crippen molar-refractivity contribution in [3.05, 3.63) is 52.5 Å². The number of aromatic amines is 1. The highest BCUT2D eigenvalue weighted by Gasteiger charge is 2.30. The van der Waals surface area contributed by atoms with Crippen molar-refractivity contribution in [2.24, 2.45) is 10.4 Å². The molecule has 1 aliphatic rings. The third-order valence-corrected chi connectivity index (χ3v) is 6.95. The lowest BCUT2D eigenvalue weighted by molar-refractivity contribution is 0.0822. The Morgan fingerprint density at radius 2 is 1.84 bits per heavy atom. The molecule has 3 aromatic rings. The number of amides is 1.